The number of aliphatic hydroxyl groups is 1. The highest BCUT2D eigenvalue weighted by Crippen LogP contribution is 2.42. The number of nitrogens with zero attached hydrogens (tertiary/aromatic N) is 2. The van der Waals surface area contributed by atoms with Crippen LogP contribution in [0.5, 0.6) is 0 Å². The molecule has 2 saturated carbocycles. The summed E-state index contributed by atoms with van der Waals surface area (Å²) in [6.07, 6.45) is 12.6. The molecule has 0 aromatic heterocycles. The van der Waals surface area contributed by atoms with Crippen LogP contribution in [0.3, 0.4) is 0 Å². The number of likely N-dealkylation sites (tertiary alicyclic amines) is 2. The van der Waals surface area contributed by atoms with E-state index in [-0.39, 0.29) is 5.60 Å². The lowest BCUT2D eigenvalue weighted by Gasteiger charge is -2.53. The molecule has 2 saturated heterocycles. The second-order valence-electron chi connectivity index (χ2n) is 10.8. The summed E-state index contributed by atoms with van der Waals surface area (Å²) in [5, 5.41) is 10.4. The van der Waals surface area contributed by atoms with Crippen molar-refractivity contribution in [2.24, 2.45) is 11.8 Å². The van der Waals surface area contributed by atoms with Crippen molar-refractivity contribution in [1.29, 1.82) is 0 Å². The third-order valence-electron chi connectivity index (χ3n) is 8.05. The molecule has 0 bridgehead atoms. The smallest absolute Gasteiger partial charge is 0.139 e. The number of rotatable bonds is 4. The van der Waals surface area contributed by atoms with Crippen LogP contribution >= 0.6 is 0 Å². The lowest BCUT2D eigenvalue weighted by atomic mass is 9.72. The molecule has 0 radical (unpaired) electrons. The average Bonchev–Trinajstić information content (AvgIpc) is 2.64. The summed E-state index contributed by atoms with van der Waals surface area (Å²) in [5.41, 5.74) is -1.16. The minimum atomic E-state index is -0.829. The molecule has 0 atom stereocenters. The fourth-order valence-corrected chi connectivity index (χ4v) is 5.79. The molecule has 164 valence electrons. The number of β-amino-alcohol motifs (C(OH)–C–C–N with tert-alkyl or cyclic N) is 1. The van der Waals surface area contributed by atoms with Crippen molar-refractivity contribution in [1.82, 2.24) is 9.80 Å². The van der Waals surface area contributed by atoms with E-state index in [1.54, 1.807) is 0 Å². The first-order valence-electron chi connectivity index (χ1n) is 12.1. The topological polar surface area (TPSA) is 26.7 Å². The monoisotopic (exact) mass is 396 g/mol. The van der Waals surface area contributed by atoms with Gasteiger partial charge in [0.1, 0.15) is 5.67 Å². The summed E-state index contributed by atoms with van der Waals surface area (Å²) >= 11 is 0. The van der Waals surface area contributed by atoms with Crippen LogP contribution < -0.4 is 0 Å². The van der Waals surface area contributed by atoms with E-state index < -0.39 is 5.67 Å². The fraction of sp³-hybridized carbons (Fsp3) is 1.00. The summed E-state index contributed by atoms with van der Waals surface area (Å²) < 4.78 is 14.4. The van der Waals surface area contributed by atoms with Gasteiger partial charge in [0.05, 0.1) is 5.60 Å². The van der Waals surface area contributed by atoms with E-state index in [1.807, 2.05) is 0 Å². The summed E-state index contributed by atoms with van der Waals surface area (Å²) in [7, 11) is 0. The number of alkyl halides is 1. The van der Waals surface area contributed by atoms with Crippen LogP contribution in [-0.2, 0) is 0 Å². The second kappa shape index (κ2) is 9.31. The van der Waals surface area contributed by atoms with E-state index >= 15 is 0 Å². The molecule has 0 spiro atoms. The molecule has 2 aliphatic carbocycles. The lowest BCUT2D eigenvalue weighted by Crippen LogP contribution is -2.67. The van der Waals surface area contributed by atoms with E-state index in [4.69, 9.17) is 0 Å². The maximum atomic E-state index is 14.4. The highest BCUT2D eigenvalue weighted by Gasteiger charge is 2.50. The Morgan fingerprint density at radius 1 is 0.679 bits per heavy atom. The highest BCUT2D eigenvalue weighted by atomic mass is 19.1. The van der Waals surface area contributed by atoms with Crippen LogP contribution in [0, 0.1) is 11.8 Å². The van der Waals surface area contributed by atoms with E-state index in [0.29, 0.717) is 37.0 Å². The standard InChI is InChI=1S/C12H22FN.C12H23NO/c1-10(2)14-8-12(13,9-14)11-6-4-3-5-7-11;1-10(2)13-8-12(14,9-13)11-6-4-3-5-7-11/h10-11H,3-9H2,1-2H3;10-11,14H,3-9H2,1-2H3. The molecule has 3 nitrogen and oxygen atoms in total. The van der Waals surface area contributed by atoms with Gasteiger partial charge in [-0.25, -0.2) is 4.39 Å². The Labute approximate surface area is 173 Å². The first-order valence-corrected chi connectivity index (χ1v) is 12.1. The van der Waals surface area contributed by atoms with Crippen LogP contribution in [0.15, 0.2) is 0 Å². The lowest BCUT2D eigenvalue weighted by molar-refractivity contribution is -0.152. The molecule has 2 aliphatic heterocycles. The van der Waals surface area contributed by atoms with E-state index in [0.717, 1.165) is 25.9 Å². The Bertz CT molecular complexity index is 427. The van der Waals surface area contributed by atoms with Gasteiger partial charge in [-0.1, -0.05) is 38.5 Å². The molecule has 4 rings (SSSR count). The molecular weight excluding hydrogens is 351 g/mol. The summed E-state index contributed by atoms with van der Waals surface area (Å²) in [6.45, 7) is 11.9. The Balaban J connectivity index is 0.000000161. The SMILES string of the molecule is CC(C)N1CC(F)(C2CCCCC2)C1.CC(C)N1CC(O)(C2CCCCC2)C1. The van der Waals surface area contributed by atoms with Gasteiger partial charge in [0.25, 0.3) is 0 Å². The maximum absolute atomic E-state index is 14.4. The molecule has 0 aromatic rings. The van der Waals surface area contributed by atoms with E-state index in [2.05, 4.69) is 37.5 Å². The predicted molar refractivity (Wildman–Crippen MR) is 115 cm³/mol. The second-order valence-corrected chi connectivity index (χ2v) is 10.8. The van der Waals surface area contributed by atoms with Gasteiger partial charge >= 0.3 is 0 Å². The third kappa shape index (κ3) is 5.10. The van der Waals surface area contributed by atoms with Gasteiger partial charge < -0.3 is 5.11 Å². The Hall–Kier alpha value is -0.190. The molecule has 1 N–H and O–H groups in total. The molecule has 0 aromatic carbocycles. The third-order valence-corrected chi connectivity index (χ3v) is 8.05. The minimum Gasteiger partial charge on any atom is -0.387 e. The molecule has 4 fully saturated rings. The zero-order valence-electron chi connectivity index (χ0n) is 18.9. The van der Waals surface area contributed by atoms with Crippen molar-refractivity contribution in [2.45, 2.75) is 115 Å². The van der Waals surface area contributed by atoms with Crippen molar-refractivity contribution >= 4 is 0 Å². The van der Waals surface area contributed by atoms with Crippen LogP contribution in [0.25, 0.3) is 0 Å². The zero-order chi connectivity index (χ0) is 20.4. The molecule has 28 heavy (non-hydrogen) atoms. The zero-order valence-corrected chi connectivity index (χ0v) is 18.9. The van der Waals surface area contributed by atoms with Gasteiger partial charge in [0, 0.05) is 38.3 Å². The Morgan fingerprint density at radius 2 is 1.07 bits per heavy atom. The van der Waals surface area contributed by atoms with Crippen LogP contribution in [0.4, 0.5) is 4.39 Å². The van der Waals surface area contributed by atoms with Gasteiger partial charge in [-0.15, -0.1) is 0 Å². The molecular formula is C24H45FN2O. The van der Waals surface area contributed by atoms with Crippen molar-refractivity contribution < 1.29 is 9.50 Å². The van der Waals surface area contributed by atoms with Gasteiger partial charge in [0.15, 0.2) is 0 Å². The minimum absolute atomic E-state index is 0.329. The Kier molecular flexibility index (Phi) is 7.48. The van der Waals surface area contributed by atoms with E-state index in [1.165, 1.54) is 51.4 Å². The predicted octanol–water partition coefficient (Wildman–Crippen LogP) is 5.02. The van der Waals surface area contributed by atoms with Crippen molar-refractivity contribution in [3.05, 3.63) is 0 Å². The summed E-state index contributed by atoms with van der Waals surface area (Å²) in [6, 6.07) is 1.11. The largest absolute Gasteiger partial charge is 0.387 e. The fourth-order valence-electron chi connectivity index (χ4n) is 5.79. The van der Waals surface area contributed by atoms with Crippen molar-refractivity contribution in [2.75, 3.05) is 26.2 Å². The Morgan fingerprint density at radius 3 is 1.50 bits per heavy atom. The van der Waals surface area contributed by atoms with Gasteiger partial charge in [-0.3, -0.25) is 9.80 Å². The quantitative estimate of drug-likeness (QED) is 0.723. The first kappa shape index (κ1) is 22.5. The van der Waals surface area contributed by atoms with Crippen molar-refractivity contribution in [3.63, 3.8) is 0 Å². The van der Waals surface area contributed by atoms with E-state index in [9.17, 15) is 9.50 Å². The molecule has 0 unspecified atom stereocenters. The first-order chi connectivity index (χ1) is 13.2. The van der Waals surface area contributed by atoms with Crippen LogP contribution in [0.2, 0.25) is 0 Å². The average molecular weight is 397 g/mol. The maximum Gasteiger partial charge on any atom is 0.139 e. The molecule has 0 amide bonds. The molecule has 4 aliphatic rings. The van der Waals surface area contributed by atoms with Crippen LogP contribution in [-0.4, -0.2) is 64.4 Å². The van der Waals surface area contributed by atoms with Gasteiger partial charge in [0.2, 0.25) is 0 Å². The van der Waals surface area contributed by atoms with Gasteiger partial charge in [-0.05, 0) is 65.2 Å². The molecule has 4 heteroatoms. The summed E-state index contributed by atoms with van der Waals surface area (Å²) in [4.78, 5) is 4.61. The van der Waals surface area contributed by atoms with Crippen molar-refractivity contribution in [3.8, 4) is 0 Å². The number of hydrogen-bond acceptors (Lipinski definition) is 3. The number of halogens is 1. The molecule has 2 heterocycles. The normalized spacial score (nSPS) is 29.1. The number of hydrogen-bond donors (Lipinski definition) is 1. The van der Waals surface area contributed by atoms with Gasteiger partial charge in [-0.2, -0.15) is 0 Å². The highest BCUT2D eigenvalue weighted by molar-refractivity contribution is 5.03. The summed E-state index contributed by atoms with van der Waals surface area (Å²) in [5.74, 6) is 0.956. The van der Waals surface area contributed by atoms with Crippen LogP contribution in [0.1, 0.15) is 91.9 Å².